The predicted octanol–water partition coefficient (Wildman–Crippen LogP) is 3.89. The smallest absolute Gasteiger partial charge is 0.274 e. The van der Waals surface area contributed by atoms with Crippen LogP contribution in [0.15, 0.2) is 18.2 Å². The number of nitrogens with zero attached hydrogens (tertiary/aromatic N) is 1. The van der Waals surface area contributed by atoms with Crippen molar-refractivity contribution < 1.29 is 4.92 Å². The maximum atomic E-state index is 10.9. The van der Waals surface area contributed by atoms with Crippen molar-refractivity contribution in [2.45, 2.75) is 45.6 Å². The molecule has 1 aromatic carbocycles. The van der Waals surface area contributed by atoms with Gasteiger partial charge in [-0.15, -0.1) is 0 Å². The SMILES string of the molecule is Cc1c(NC(C)CC2CCC2)cccc1[N+](=O)[O-]. The summed E-state index contributed by atoms with van der Waals surface area (Å²) < 4.78 is 0. The van der Waals surface area contributed by atoms with Gasteiger partial charge in [0.2, 0.25) is 0 Å². The third-order valence-electron chi connectivity index (χ3n) is 3.82. The van der Waals surface area contributed by atoms with Gasteiger partial charge in [0.05, 0.1) is 4.92 Å². The molecule has 1 N–H and O–H groups in total. The van der Waals surface area contributed by atoms with Crippen LogP contribution in [0.5, 0.6) is 0 Å². The van der Waals surface area contributed by atoms with E-state index in [0.29, 0.717) is 6.04 Å². The third-order valence-corrected chi connectivity index (χ3v) is 3.82. The zero-order valence-electron chi connectivity index (χ0n) is 11.0. The van der Waals surface area contributed by atoms with Crippen molar-refractivity contribution in [1.82, 2.24) is 0 Å². The molecule has 4 nitrogen and oxygen atoms in total. The number of benzene rings is 1. The van der Waals surface area contributed by atoms with Gasteiger partial charge in [-0.2, -0.15) is 0 Å². The molecule has 1 aromatic rings. The van der Waals surface area contributed by atoms with Crippen molar-refractivity contribution in [3.63, 3.8) is 0 Å². The second-order valence-corrected chi connectivity index (χ2v) is 5.28. The highest BCUT2D eigenvalue weighted by molar-refractivity contribution is 5.60. The van der Waals surface area contributed by atoms with Crippen LogP contribution in [0.1, 0.15) is 38.2 Å². The lowest BCUT2D eigenvalue weighted by atomic mass is 9.81. The van der Waals surface area contributed by atoms with Crippen LogP contribution in [0.4, 0.5) is 11.4 Å². The molecular formula is C14H20N2O2. The van der Waals surface area contributed by atoms with Gasteiger partial charge in [0.25, 0.3) is 5.69 Å². The molecule has 1 aliphatic rings. The molecule has 1 atom stereocenters. The molecule has 0 radical (unpaired) electrons. The lowest BCUT2D eigenvalue weighted by molar-refractivity contribution is -0.385. The van der Waals surface area contributed by atoms with Gasteiger partial charge >= 0.3 is 0 Å². The van der Waals surface area contributed by atoms with Gasteiger partial charge in [0, 0.05) is 23.4 Å². The highest BCUT2D eigenvalue weighted by Gasteiger charge is 2.21. The summed E-state index contributed by atoms with van der Waals surface area (Å²) in [7, 11) is 0. The van der Waals surface area contributed by atoms with Gasteiger partial charge in [0.15, 0.2) is 0 Å². The Bertz CT molecular complexity index is 441. The summed E-state index contributed by atoms with van der Waals surface area (Å²) in [4.78, 5) is 10.5. The standard InChI is InChI=1S/C14H20N2O2/c1-10(9-12-5-3-6-12)15-13-7-4-8-14(11(13)2)16(17)18/h4,7-8,10,12,15H,3,5-6,9H2,1-2H3. The van der Waals surface area contributed by atoms with Gasteiger partial charge in [-0.05, 0) is 32.3 Å². The number of hydrogen-bond donors (Lipinski definition) is 1. The summed E-state index contributed by atoms with van der Waals surface area (Å²) in [5.74, 6) is 0.839. The van der Waals surface area contributed by atoms with E-state index >= 15 is 0 Å². The summed E-state index contributed by atoms with van der Waals surface area (Å²) in [5.41, 5.74) is 1.80. The van der Waals surface area contributed by atoms with Gasteiger partial charge in [0.1, 0.15) is 0 Å². The second-order valence-electron chi connectivity index (χ2n) is 5.28. The Hall–Kier alpha value is -1.58. The number of nitrogens with one attached hydrogen (secondary N) is 1. The quantitative estimate of drug-likeness (QED) is 0.635. The van der Waals surface area contributed by atoms with E-state index in [4.69, 9.17) is 0 Å². The van der Waals surface area contributed by atoms with E-state index in [-0.39, 0.29) is 10.6 Å². The first-order valence-electron chi connectivity index (χ1n) is 6.58. The highest BCUT2D eigenvalue weighted by atomic mass is 16.6. The monoisotopic (exact) mass is 248 g/mol. The maximum absolute atomic E-state index is 10.9. The molecular weight excluding hydrogens is 228 g/mol. The van der Waals surface area contributed by atoms with Crippen molar-refractivity contribution in [2.24, 2.45) is 5.92 Å². The van der Waals surface area contributed by atoms with Crippen LogP contribution in [0.3, 0.4) is 0 Å². The van der Waals surface area contributed by atoms with Crippen molar-refractivity contribution >= 4 is 11.4 Å². The lowest BCUT2D eigenvalue weighted by Gasteiger charge is -2.29. The molecule has 18 heavy (non-hydrogen) atoms. The van der Waals surface area contributed by atoms with Crippen LogP contribution in [0.2, 0.25) is 0 Å². The minimum Gasteiger partial charge on any atom is -0.382 e. The predicted molar refractivity (Wildman–Crippen MR) is 72.9 cm³/mol. The molecule has 0 bridgehead atoms. The van der Waals surface area contributed by atoms with E-state index in [1.165, 1.54) is 19.3 Å². The largest absolute Gasteiger partial charge is 0.382 e. The summed E-state index contributed by atoms with van der Waals surface area (Å²) in [6.45, 7) is 3.95. The number of nitro benzene ring substituents is 1. The van der Waals surface area contributed by atoms with E-state index in [1.54, 1.807) is 19.1 Å². The van der Waals surface area contributed by atoms with Gasteiger partial charge in [-0.1, -0.05) is 25.3 Å². The Morgan fingerprint density at radius 1 is 1.50 bits per heavy atom. The zero-order chi connectivity index (χ0) is 13.1. The van der Waals surface area contributed by atoms with E-state index in [9.17, 15) is 10.1 Å². The molecule has 0 amide bonds. The molecule has 1 aliphatic carbocycles. The number of anilines is 1. The lowest BCUT2D eigenvalue weighted by Crippen LogP contribution is -2.23. The fourth-order valence-electron chi connectivity index (χ4n) is 2.53. The molecule has 0 saturated heterocycles. The summed E-state index contributed by atoms with van der Waals surface area (Å²) in [6.07, 6.45) is 5.18. The molecule has 0 spiro atoms. The fourth-order valence-corrected chi connectivity index (χ4v) is 2.53. The summed E-state index contributed by atoms with van der Waals surface area (Å²) in [6, 6.07) is 5.58. The van der Waals surface area contributed by atoms with E-state index in [0.717, 1.165) is 23.6 Å². The summed E-state index contributed by atoms with van der Waals surface area (Å²) >= 11 is 0. The van der Waals surface area contributed by atoms with E-state index in [1.807, 2.05) is 6.07 Å². The number of nitro groups is 1. The minimum atomic E-state index is -0.322. The first-order valence-corrected chi connectivity index (χ1v) is 6.58. The Kier molecular flexibility index (Phi) is 3.84. The molecule has 2 rings (SSSR count). The van der Waals surface area contributed by atoms with Crippen LogP contribution in [0, 0.1) is 23.0 Å². The van der Waals surface area contributed by atoms with Gasteiger partial charge in [-0.3, -0.25) is 10.1 Å². The van der Waals surface area contributed by atoms with E-state index in [2.05, 4.69) is 12.2 Å². The molecule has 4 heteroatoms. The normalized spacial score (nSPS) is 17.0. The highest BCUT2D eigenvalue weighted by Crippen LogP contribution is 2.32. The molecule has 0 heterocycles. The van der Waals surface area contributed by atoms with Crippen molar-refractivity contribution in [3.8, 4) is 0 Å². The van der Waals surface area contributed by atoms with Gasteiger partial charge < -0.3 is 5.32 Å². The first kappa shape index (κ1) is 12.9. The maximum Gasteiger partial charge on any atom is 0.274 e. The Morgan fingerprint density at radius 2 is 2.22 bits per heavy atom. The zero-order valence-corrected chi connectivity index (χ0v) is 11.0. The third kappa shape index (κ3) is 2.81. The average molecular weight is 248 g/mol. The van der Waals surface area contributed by atoms with E-state index < -0.39 is 0 Å². The van der Waals surface area contributed by atoms with Crippen molar-refractivity contribution in [1.29, 1.82) is 0 Å². The average Bonchev–Trinajstić information content (AvgIpc) is 2.26. The second kappa shape index (κ2) is 5.38. The number of rotatable bonds is 5. The molecule has 0 aliphatic heterocycles. The molecule has 1 fully saturated rings. The topological polar surface area (TPSA) is 55.2 Å². The Labute approximate surface area is 108 Å². The number of hydrogen-bond acceptors (Lipinski definition) is 3. The minimum absolute atomic E-state index is 0.191. The molecule has 98 valence electrons. The molecule has 1 saturated carbocycles. The van der Waals surface area contributed by atoms with Crippen LogP contribution < -0.4 is 5.32 Å². The first-order chi connectivity index (χ1) is 8.58. The van der Waals surface area contributed by atoms with Crippen LogP contribution in [-0.2, 0) is 0 Å². The van der Waals surface area contributed by atoms with Crippen molar-refractivity contribution in [3.05, 3.63) is 33.9 Å². The summed E-state index contributed by atoms with van der Waals surface area (Å²) in [5, 5.41) is 14.3. The molecule has 1 unspecified atom stereocenters. The van der Waals surface area contributed by atoms with Gasteiger partial charge in [-0.25, -0.2) is 0 Å². The van der Waals surface area contributed by atoms with Crippen LogP contribution >= 0.6 is 0 Å². The Morgan fingerprint density at radius 3 is 2.78 bits per heavy atom. The Balaban J connectivity index is 2.03. The van der Waals surface area contributed by atoms with Crippen LogP contribution in [-0.4, -0.2) is 11.0 Å². The fraction of sp³-hybridized carbons (Fsp3) is 0.571. The van der Waals surface area contributed by atoms with Crippen molar-refractivity contribution in [2.75, 3.05) is 5.32 Å². The van der Waals surface area contributed by atoms with Crippen LogP contribution in [0.25, 0.3) is 0 Å². The molecule has 0 aromatic heterocycles.